The quantitative estimate of drug-likeness (QED) is 0.731. The Kier molecular flexibility index (Phi) is 6.05. The lowest BCUT2D eigenvalue weighted by molar-refractivity contribution is -0.118. The number of benzene rings is 2. The molecule has 24 heavy (non-hydrogen) atoms. The first kappa shape index (κ1) is 18.5. The number of nitrogens with one attached hydrogen (secondary N) is 1. The minimum atomic E-state index is -0.154. The predicted octanol–water partition coefficient (Wildman–Crippen LogP) is 5.52. The number of carbonyl (C=O) groups excluding carboxylic acids is 1. The van der Waals surface area contributed by atoms with Crippen LogP contribution in [0.1, 0.15) is 42.0 Å². The van der Waals surface area contributed by atoms with E-state index in [0.29, 0.717) is 5.92 Å². The lowest BCUT2D eigenvalue weighted by Gasteiger charge is -2.16. The molecule has 0 unspecified atom stereocenters. The maximum Gasteiger partial charge on any atom is 0.262 e. The Labute approximate surface area is 152 Å². The lowest BCUT2D eigenvalue weighted by Crippen LogP contribution is -2.21. The zero-order valence-electron chi connectivity index (χ0n) is 14.9. The average Bonchev–Trinajstić information content (AvgIpc) is 2.52. The molecular formula is C20H24BrNO2. The summed E-state index contributed by atoms with van der Waals surface area (Å²) in [5, 5.41) is 2.92. The zero-order chi connectivity index (χ0) is 17.9. The topological polar surface area (TPSA) is 38.3 Å². The monoisotopic (exact) mass is 389 g/mol. The van der Waals surface area contributed by atoms with Crippen molar-refractivity contribution in [2.24, 2.45) is 0 Å². The van der Waals surface area contributed by atoms with Crippen molar-refractivity contribution >= 4 is 27.5 Å². The van der Waals surface area contributed by atoms with Gasteiger partial charge in [-0.3, -0.25) is 4.79 Å². The van der Waals surface area contributed by atoms with Gasteiger partial charge in [0, 0.05) is 10.2 Å². The van der Waals surface area contributed by atoms with Crippen molar-refractivity contribution in [2.45, 2.75) is 40.5 Å². The van der Waals surface area contributed by atoms with E-state index in [4.69, 9.17) is 4.74 Å². The third-order valence-corrected chi connectivity index (χ3v) is 5.00. The van der Waals surface area contributed by atoms with E-state index >= 15 is 0 Å². The fourth-order valence-corrected chi connectivity index (χ4v) is 2.82. The SMILES string of the molecule is Cc1cc(OCC(=O)Nc2cccc(C)c2C)c(C(C)C)cc1Br. The molecule has 2 aromatic rings. The average molecular weight is 390 g/mol. The third kappa shape index (κ3) is 4.38. The van der Waals surface area contributed by atoms with Crippen molar-refractivity contribution in [3.63, 3.8) is 0 Å². The van der Waals surface area contributed by atoms with Crippen LogP contribution in [0.2, 0.25) is 0 Å². The first-order valence-corrected chi connectivity index (χ1v) is 8.87. The van der Waals surface area contributed by atoms with E-state index in [9.17, 15) is 4.79 Å². The van der Waals surface area contributed by atoms with Crippen LogP contribution in [-0.2, 0) is 4.79 Å². The van der Waals surface area contributed by atoms with Gasteiger partial charge in [-0.05, 0) is 67.1 Å². The van der Waals surface area contributed by atoms with Crippen molar-refractivity contribution < 1.29 is 9.53 Å². The minimum absolute atomic E-state index is 0.00578. The second-order valence-electron chi connectivity index (χ2n) is 6.38. The van der Waals surface area contributed by atoms with Crippen molar-refractivity contribution in [1.82, 2.24) is 0 Å². The first-order valence-electron chi connectivity index (χ1n) is 8.08. The van der Waals surface area contributed by atoms with Gasteiger partial charge in [-0.2, -0.15) is 0 Å². The number of amides is 1. The van der Waals surface area contributed by atoms with Crippen LogP contribution in [0.25, 0.3) is 0 Å². The number of hydrogen-bond donors (Lipinski definition) is 1. The van der Waals surface area contributed by atoms with E-state index in [-0.39, 0.29) is 12.5 Å². The van der Waals surface area contributed by atoms with Gasteiger partial charge in [-0.25, -0.2) is 0 Å². The van der Waals surface area contributed by atoms with E-state index in [1.807, 2.05) is 45.0 Å². The molecule has 1 amide bonds. The van der Waals surface area contributed by atoms with Gasteiger partial charge in [0.15, 0.2) is 6.61 Å². The molecule has 0 saturated carbocycles. The summed E-state index contributed by atoms with van der Waals surface area (Å²) in [7, 11) is 0. The van der Waals surface area contributed by atoms with E-state index < -0.39 is 0 Å². The van der Waals surface area contributed by atoms with Crippen molar-refractivity contribution in [2.75, 3.05) is 11.9 Å². The Hall–Kier alpha value is -1.81. The van der Waals surface area contributed by atoms with Gasteiger partial charge < -0.3 is 10.1 Å². The summed E-state index contributed by atoms with van der Waals surface area (Å²) < 4.78 is 6.86. The number of rotatable bonds is 5. The number of aryl methyl sites for hydroxylation is 2. The van der Waals surface area contributed by atoms with Crippen molar-refractivity contribution in [1.29, 1.82) is 0 Å². The standard InChI is InChI=1S/C20H24BrNO2/c1-12(2)16-10-17(21)14(4)9-19(16)24-11-20(23)22-18-8-6-7-13(3)15(18)5/h6-10,12H,11H2,1-5H3,(H,22,23). The van der Waals surface area contributed by atoms with Crippen LogP contribution < -0.4 is 10.1 Å². The number of ether oxygens (including phenoxy) is 1. The molecule has 3 nitrogen and oxygen atoms in total. The van der Waals surface area contributed by atoms with Crippen molar-refractivity contribution in [3.8, 4) is 5.75 Å². The van der Waals surface area contributed by atoms with Gasteiger partial charge in [-0.15, -0.1) is 0 Å². The summed E-state index contributed by atoms with van der Waals surface area (Å²) in [6, 6.07) is 9.92. The Morgan fingerprint density at radius 2 is 1.88 bits per heavy atom. The molecular weight excluding hydrogens is 366 g/mol. The molecule has 0 aliphatic carbocycles. The van der Waals surface area contributed by atoms with Gasteiger partial charge in [0.2, 0.25) is 0 Å². The molecule has 0 bridgehead atoms. The van der Waals surface area contributed by atoms with Crippen LogP contribution in [0, 0.1) is 20.8 Å². The predicted molar refractivity (Wildman–Crippen MR) is 103 cm³/mol. The van der Waals surface area contributed by atoms with Crippen LogP contribution in [0.3, 0.4) is 0 Å². The summed E-state index contributed by atoms with van der Waals surface area (Å²) in [4.78, 5) is 12.2. The summed E-state index contributed by atoms with van der Waals surface area (Å²) >= 11 is 3.55. The van der Waals surface area contributed by atoms with Crippen LogP contribution in [0.4, 0.5) is 5.69 Å². The van der Waals surface area contributed by atoms with Crippen LogP contribution in [0.5, 0.6) is 5.75 Å². The lowest BCUT2D eigenvalue weighted by atomic mass is 10.0. The van der Waals surface area contributed by atoms with Gasteiger partial charge in [0.05, 0.1) is 0 Å². The maximum absolute atomic E-state index is 12.2. The fraction of sp³-hybridized carbons (Fsp3) is 0.350. The summed E-state index contributed by atoms with van der Waals surface area (Å²) in [5.74, 6) is 0.930. The van der Waals surface area contributed by atoms with E-state index in [2.05, 4.69) is 41.2 Å². The highest BCUT2D eigenvalue weighted by Crippen LogP contribution is 2.32. The molecule has 0 aliphatic heterocycles. The highest BCUT2D eigenvalue weighted by atomic mass is 79.9. The fourth-order valence-electron chi connectivity index (χ4n) is 2.46. The number of halogens is 1. The molecule has 0 spiro atoms. The van der Waals surface area contributed by atoms with E-state index in [1.165, 1.54) is 0 Å². The second-order valence-corrected chi connectivity index (χ2v) is 7.23. The second kappa shape index (κ2) is 7.84. The largest absolute Gasteiger partial charge is 0.483 e. The minimum Gasteiger partial charge on any atom is -0.483 e. The molecule has 0 aromatic heterocycles. The molecule has 0 saturated heterocycles. The molecule has 128 valence electrons. The van der Waals surface area contributed by atoms with E-state index in [0.717, 1.165) is 38.2 Å². The molecule has 0 heterocycles. The molecule has 0 fully saturated rings. The Morgan fingerprint density at radius 3 is 2.54 bits per heavy atom. The van der Waals surface area contributed by atoms with Gasteiger partial charge in [0.1, 0.15) is 5.75 Å². The first-order chi connectivity index (χ1) is 11.3. The Morgan fingerprint density at radius 1 is 1.17 bits per heavy atom. The molecule has 0 atom stereocenters. The number of anilines is 1. The highest BCUT2D eigenvalue weighted by molar-refractivity contribution is 9.10. The highest BCUT2D eigenvalue weighted by Gasteiger charge is 2.13. The van der Waals surface area contributed by atoms with Crippen molar-refractivity contribution in [3.05, 3.63) is 57.1 Å². The van der Waals surface area contributed by atoms with Crippen LogP contribution in [0.15, 0.2) is 34.8 Å². The molecule has 2 rings (SSSR count). The molecule has 4 heteroatoms. The number of hydrogen-bond acceptors (Lipinski definition) is 2. The normalized spacial score (nSPS) is 10.8. The van der Waals surface area contributed by atoms with Gasteiger partial charge in [0.25, 0.3) is 5.91 Å². The van der Waals surface area contributed by atoms with Crippen LogP contribution >= 0.6 is 15.9 Å². The Balaban J connectivity index is 2.09. The molecule has 1 N–H and O–H groups in total. The van der Waals surface area contributed by atoms with E-state index in [1.54, 1.807) is 0 Å². The van der Waals surface area contributed by atoms with Crippen LogP contribution in [-0.4, -0.2) is 12.5 Å². The van der Waals surface area contributed by atoms with Gasteiger partial charge in [-0.1, -0.05) is 41.9 Å². The molecule has 2 aromatic carbocycles. The van der Waals surface area contributed by atoms with Gasteiger partial charge >= 0.3 is 0 Å². The summed E-state index contributed by atoms with van der Waals surface area (Å²) in [6.45, 7) is 10.3. The smallest absolute Gasteiger partial charge is 0.262 e. The zero-order valence-corrected chi connectivity index (χ0v) is 16.5. The summed E-state index contributed by atoms with van der Waals surface area (Å²) in [6.07, 6.45) is 0. The molecule has 0 aliphatic rings. The summed E-state index contributed by atoms with van der Waals surface area (Å²) in [5.41, 5.74) is 5.24. The molecule has 0 radical (unpaired) electrons. The third-order valence-electron chi connectivity index (χ3n) is 4.15. The number of carbonyl (C=O) groups is 1. The maximum atomic E-state index is 12.2. The Bertz CT molecular complexity index is 754.